The molecule has 1 aromatic heterocycles. The van der Waals surface area contributed by atoms with E-state index in [2.05, 4.69) is 23.7 Å². The molecule has 1 atom stereocenters. The zero-order valence-corrected chi connectivity index (χ0v) is 11.7. The molecule has 0 bridgehead atoms. The van der Waals surface area contributed by atoms with Crippen molar-refractivity contribution in [3.05, 3.63) is 29.6 Å². The number of aliphatic hydroxyl groups is 1. The van der Waals surface area contributed by atoms with Crippen molar-refractivity contribution in [3.8, 4) is 0 Å². The van der Waals surface area contributed by atoms with E-state index in [-0.39, 0.29) is 5.54 Å². The molecular formula is C15H24N2O. The maximum Gasteiger partial charge on any atom is 0.0983 e. The van der Waals surface area contributed by atoms with Gasteiger partial charge in [-0.2, -0.15) is 0 Å². The highest BCUT2D eigenvalue weighted by atomic mass is 16.3. The van der Waals surface area contributed by atoms with Crippen molar-refractivity contribution in [2.45, 2.75) is 51.7 Å². The third-order valence-corrected chi connectivity index (χ3v) is 4.09. The summed E-state index contributed by atoms with van der Waals surface area (Å²) in [4.78, 5) is 6.68. The van der Waals surface area contributed by atoms with Gasteiger partial charge in [0.1, 0.15) is 0 Å². The maximum atomic E-state index is 10.6. The minimum atomic E-state index is -0.483. The fourth-order valence-corrected chi connectivity index (χ4v) is 2.69. The van der Waals surface area contributed by atoms with E-state index in [9.17, 15) is 5.11 Å². The summed E-state index contributed by atoms with van der Waals surface area (Å²) in [5.74, 6) is 0. The van der Waals surface area contributed by atoms with Crippen LogP contribution in [0.2, 0.25) is 0 Å². The van der Waals surface area contributed by atoms with Gasteiger partial charge in [0.15, 0.2) is 0 Å². The fourth-order valence-electron chi connectivity index (χ4n) is 2.69. The van der Waals surface area contributed by atoms with Crippen LogP contribution in [0.1, 0.15) is 50.5 Å². The molecule has 3 heteroatoms. The number of aliphatic hydroxyl groups excluding tert-OH is 1. The molecule has 1 N–H and O–H groups in total. The molecule has 0 aromatic carbocycles. The molecule has 1 aliphatic rings. The van der Waals surface area contributed by atoms with Crippen LogP contribution in [0.5, 0.6) is 0 Å². The maximum absolute atomic E-state index is 10.6. The first-order chi connectivity index (χ1) is 8.51. The van der Waals surface area contributed by atoms with Gasteiger partial charge in [0, 0.05) is 23.0 Å². The van der Waals surface area contributed by atoms with Crippen molar-refractivity contribution >= 4 is 0 Å². The molecule has 1 saturated heterocycles. The Bertz CT molecular complexity index is 380. The van der Waals surface area contributed by atoms with Crippen LogP contribution in [0.25, 0.3) is 0 Å². The van der Waals surface area contributed by atoms with E-state index in [0.29, 0.717) is 0 Å². The second-order valence-electron chi connectivity index (χ2n) is 5.84. The van der Waals surface area contributed by atoms with Gasteiger partial charge in [-0.1, -0.05) is 12.5 Å². The first-order valence-corrected chi connectivity index (χ1v) is 6.87. The summed E-state index contributed by atoms with van der Waals surface area (Å²) in [6, 6.07) is 3.95. The Morgan fingerprint density at radius 2 is 1.89 bits per heavy atom. The highest BCUT2D eigenvalue weighted by molar-refractivity contribution is 5.19. The van der Waals surface area contributed by atoms with Crippen molar-refractivity contribution < 1.29 is 5.11 Å². The van der Waals surface area contributed by atoms with Crippen LogP contribution in [-0.4, -0.2) is 33.6 Å². The molecule has 0 aliphatic carbocycles. The van der Waals surface area contributed by atoms with Crippen LogP contribution in [0.3, 0.4) is 0 Å². The molecule has 100 valence electrons. The minimum Gasteiger partial charge on any atom is -0.386 e. The summed E-state index contributed by atoms with van der Waals surface area (Å²) in [6.07, 6.45) is 5.11. The van der Waals surface area contributed by atoms with Gasteiger partial charge in [-0.3, -0.25) is 9.88 Å². The molecule has 1 aliphatic heterocycles. The van der Waals surface area contributed by atoms with Crippen molar-refractivity contribution in [2.24, 2.45) is 0 Å². The molecule has 0 spiro atoms. The first kappa shape index (κ1) is 13.5. The van der Waals surface area contributed by atoms with Crippen LogP contribution in [0, 0.1) is 6.92 Å². The van der Waals surface area contributed by atoms with E-state index in [4.69, 9.17) is 0 Å². The van der Waals surface area contributed by atoms with E-state index < -0.39 is 6.10 Å². The molecule has 0 amide bonds. The Labute approximate surface area is 110 Å². The van der Waals surface area contributed by atoms with Gasteiger partial charge in [0.25, 0.3) is 0 Å². The van der Waals surface area contributed by atoms with Crippen LogP contribution in [0.15, 0.2) is 18.3 Å². The topological polar surface area (TPSA) is 36.4 Å². The van der Waals surface area contributed by atoms with Crippen LogP contribution >= 0.6 is 0 Å². The summed E-state index contributed by atoms with van der Waals surface area (Å²) in [5, 5.41) is 10.6. The highest BCUT2D eigenvalue weighted by Crippen LogP contribution is 2.32. The molecule has 1 fully saturated rings. The number of rotatable bonds is 3. The van der Waals surface area contributed by atoms with E-state index >= 15 is 0 Å². The van der Waals surface area contributed by atoms with Gasteiger partial charge in [0.2, 0.25) is 0 Å². The second-order valence-corrected chi connectivity index (χ2v) is 5.84. The Kier molecular flexibility index (Phi) is 4.03. The predicted octanol–water partition coefficient (Wildman–Crippen LogP) is 2.69. The largest absolute Gasteiger partial charge is 0.386 e. The number of nitrogens with zero attached hydrogens (tertiary/aromatic N) is 2. The molecular weight excluding hydrogens is 224 g/mol. The average molecular weight is 248 g/mol. The second kappa shape index (κ2) is 5.37. The average Bonchev–Trinajstić information content (AvgIpc) is 2.40. The standard InChI is InChI=1S/C15H24N2O/c1-12-7-8-13(11-16-12)14(18)15(2,3)17-9-5-4-6-10-17/h7-8,11,14,18H,4-6,9-10H2,1-3H3. The summed E-state index contributed by atoms with van der Waals surface area (Å²) >= 11 is 0. The van der Waals surface area contributed by atoms with Gasteiger partial charge < -0.3 is 5.11 Å². The lowest BCUT2D eigenvalue weighted by molar-refractivity contribution is -0.0210. The smallest absolute Gasteiger partial charge is 0.0983 e. The number of piperidine rings is 1. The monoisotopic (exact) mass is 248 g/mol. The molecule has 0 radical (unpaired) electrons. The van der Waals surface area contributed by atoms with Crippen LogP contribution in [0.4, 0.5) is 0 Å². The Balaban J connectivity index is 2.14. The van der Waals surface area contributed by atoms with E-state index in [1.807, 2.05) is 19.1 Å². The van der Waals surface area contributed by atoms with Crippen molar-refractivity contribution in [3.63, 3.8) is 0 Å². The van der Waals surface area contributed by atoms with Crippen molar-refractivity contribution in [2.75, 3.05) is 13.1 Å². The molecule has 18 heavy (non-hydrogen) atoms. The number of hydrogen-bond acceptors (Lipinski definition) is 3. The van der Waals surface area contributed by atoms with Crippen LogP contribution in [-0.2, 0) is 0 Å². The normalized spacial score (nSPS) is 19.8. The summed E-state index contributed by atoms with van der Waals surface area (Å²) in [5.41, 5.74) is 1.68. The molecule has 2 rings (SSSR count). The number of hydrogen-bond donors (Lipinski definition) is 1. The SMILES string of the molecule is Cc1ccc(C(O)C(C)(C)N2CCCCC2)cn1. The van der Waals surface area contributed by atoms with Crippen molar-refractivity contribution in [1.29, 1.82) is 0 Å². The first-order valence-electron chi connectivity index (χ1n) is 6.87. The molecule has 1 aromatic rings. The van der Waals surface area contributed by atoms with Gasteiger partial charge >= 0.3 is 0 Å². The van der Waals surface area contributed by atoms with Gasteiger partial charge in [-0.15, -0.1) is 0 Å². The van der Waals surface area contributed by atoms with E-state index in [1.54, 1.807) is 6.20 Å². The van der Waals surface area contributed by atoms with Crippen molar-refractivity contribution in [1.82, 2.24) is 9.88 Å². The molecule has 2 heterocycles. The Morgan fingerprint density at radius 1 is 1.22 bits per heavy atom. The third kappa shape index (κ3) is 2.73. The van der Waals surface area contributed by atoms with Gasteiger partial charge in [0.05, 0.1) is 6.10 Å². The summed E-state index contributed by atoms with van der Waals surface area (Å²) < 4.78 is 0. The summed E-state index contributed by atoms with van der Waals surface area (Å²) in [7, 11) is 0. The number of aryl methyl sites for hydroxylation is 1. The lowest BCUT2D eigenvalue weighted by Crippen LogP contribution is -2.50. The van der Waals surface area contributed by atoms with Crippen LogP contribution < -0.4 is 0 Å². The predicted molar refractivity (Wildman–Crippen MR) is 73.4 cm³/mol. The number of pyridine rings is 1. The van der Waals surface area contributed by atoms with E-state index in [0.717, 1.165) is 24.3 Å². The Morgan fingerprint density at radius 3 is 2.44 bits per heavy atom. The lowest BCUT2D eigenvalue weighted by Gasteiger charge is -2.44. The fraction of sp³-hybridized carbons (Fsp3) is 0.667. The zero-order chi connectivity index (χ0) is 13.2. The number of aromatic nitrogens is 1. The van der Waals surface area contributed by atoms with E-state index in [1.165, 1.54) is 19.3 Å². The lowest BCUT2D eigenvalue weighted by atomic mass is 9.88. The molecule has 0 saturated carbocycles. The molecule has 1 unspecified atom stereocenters. The zero-order valence-electron chi connectivity index (χ0n) is 11.7. The Hall–Kier alpha value is -0.930. The molecule has 3 nitrogen and oxygen atoms in total. The van der Waals surface area contributed by atoms with Gasteiger partial charge in [-0.25, -0.2) is 0 Å². The quantitative estimate of drug-likeness (QED) is 0.893. The number of likely N-dealkylation sites (tertiary alicyclic amines) is 1. The summed E-state index contributed by atoms with van der Waals surface area (Å²) in [6.45, 7) is 8.39. The third-order valence-electron chi connectivity index (χ3n) is 4.09. The highest BCUT2D eigenvalue weighted by Gasteiger charge is 2.35. The minimum absolute atomic E-state index is 0.225. The van der Waals surface area contributed by atoms with Gasteiger partial charge in [-0.05, 0) is 52.8 Å².